The van der Waals surface area contributed by atoms with Gasteiger partial charge in [-0.15, -0.1) is 0 Å². The normalized spacial score (nSPS) is 11.5. The van der Waals surface area contributed by atoms with Crippen molar-refractivity contribution in [3.05, 3.63) is 61.6 Å². The minimum atomic E-state index is -0.117. The van der Waals surface area contributed by atoms with Crippen molar-refractivity contribution < 1.29 is 9.21 Å². The number of nitrogens with zero attached hydrogens (tertiary/aromatic N) is 6. The lowest BCUT2D eigenvalue weighted by atomic mass is 10.1. The lowest BCUT2D eigenvalue weighted by Gasteiger charge is -2.10. The fourth-order valence-corrected chi connectivity index (χ4v) is 4.05. The first-order valence-electron chi connectivity index (χ1n) is 11.2. The first kappa shape index (κ1) is 21.6. The van der Waals surface area contributed by atoms with Gasteiger partial charge in [0.15, 0.2) is 5.82 Å². The summed E-state index contributed by atoms with van der Waals surface area (Å²) < 4.78 is 5.22. The van der Waals surface area contributed by atoms with Crippen LogP contribution < -0.4 is 5.32 Å². The van der Waals surface area contributed by atoms with Crippen LogP contribution in [0.15, 0.2) is 66.0 Å². The molecule has 11 heteroatoms. The highest BCUT2D eigenvalue weighted by Gasteiger charge is 2.17. The van der Waals surface area contributed by atoms with Gasteiger partial charge in [0, 0.05) is 28.9 Å². The van der Waals surface area contributed by atoms with Crippen LogP contribution in [0, 0.1) is 0 Å². The molecule has 0 saturated carbocycles. The van der Waals surface area contributed by atoms with Crippen LogP contribution in [0.25, 0.3) is 56.0 Å². The number of carbonyl (C=O) groups excluding carboxylic acids is 1. The van der Waals surface area contributed by atoms with Crippen molar-refractivity contribution in [2.45, 2.75) is 0 Å². The Kier molecular flexibility index (Phi) is 5.23. The molecular weight excluding hydrogens is 458 g/mol. The predicted octanol–water partition coefficient (Wildman–Crippen LogP) is 3.72. The largest absolute Gasteiger partial charge is 0.472 e. The zero-order valence-corrected chi connectivity index (χ0v) is 19.5. The number of aromatic nitrogens is 7. The molecule has 0 spiro atoms. The number of imidazole rings is 1. The number of likely N-dealkylation sites (N-methyl/N-ethyl adjacent to an activating group) is 1. The fraction of sp³-hybridized carbons (Fsp3) is 0.120. The van der Waals surface area contributed by atoms with Gasteiger partial charge in [-0.1, -0.05) is 0 Å². The van der Waals surface area contributed by atoms with E-state index in [1.54, 1.807) is 42.2 Å². The third kappa shape index (κ3) is 3.97. The summed E-state index contributed by atoms with van der Waals surface area (Å²) in [5.41, 5.74) is 6.63. The highest BCUT2D eigenvalue weighted by molar-refractivity contribution is 5.97. The molecule has 0 unspecified atom stereocenters. The fourth-order valence-electron chi connectivity index (χ4n) is 4.05. The zero-order valence-electron chi connectivity index (χ0n) is 19.5. The standard InChI is InChI=1S/C25H21N9O2/c1-34(2)12-21(35)29-16-7-15(9-26-10-16)19-8-17-20(11-28-19)32-33-23(17)25-30-18-3-5-27-22(24(18)31-25)14-4-6-36-13-14/h3-11,13H,12H2,1-2H3,(H,29,35)(H,30,31)(H,32,33). The number of pyridine rings is 3. The average molecular weight is 480 g/mol. The molecule has 6 heterocycles. The molecule has 6 aromatic rings. The maximum absolute atomic E-state index is 12.2. The molecular formula is C25H21N9O2. The lowest BCUT2D eigenvalue weighted by Crippen LogP contribution is -2.27. The van der Waals surface area contributed by atoms with Gasteiger partial charge in [-0.2, -0.15) is 5.10 Å². The average Bonchev–Trinajstić information content (AvgIpc) is 3.62. The second-order valence-corrected chi connectivity index (χ2v) is 8.59. The van der Waals surface area contributed by atoms with Crippen molar-refractivity contribution in [3.63, 3.8) is 0 Å². The summed E-state index contributed by atoms with van der Waals surface area (Å²) in [5.74, 6) is 0.489. The van der Waals surface area contributed by atoms with Gasteiger partial charge in [0.1, 0.15) is 16.9 Å². The molecule has 3 N–H and O–H groups in total. The Labute approximate surface area is 204 Å². The number of furan rings is 1. The van der Waals surface area contributed by atoms with E-state index in [9.17, 15) is 4.79 Å². The monoisotopic (exact) mass is 479 g/mol. The maximum atomic E-state index is 12.2. The van der Waals surface area contributed by atoms with Crippen LogP contribution in [0.3, 0.4) is 0 Å². The summed E-state index contributed by atoms with van der Waals surface area (Å²) in [4.78, 5) is 35.4. The highest BCUT2D eigenvalue weighted by Crippen LogP contribution is 2.31. The van der Waals surface area contributed by atoms with E-state index in [0.717, 1.165) is 38.8 Å². The number of nitrogens with one attached hydrogen (secondary N) is 3. The smallest absolute Gasteiger partial charge is 0.238 e. The number of amides is 1. The third-order valence-corrected chi connectivity index (χ3v) is 5.64. The summed E-state index contributed by atoms with van der Waals surface area (Å²) in [5, 5.41) is 11.2. The van der Waals surface area contributed by atoms with Crippen molar-refractivity contribution in [1.29, 1.82) is 0 Å². The van der Waals surface area contributed by atoms with Gasteiger partial charge in [-0.05, 0) is 38.4 Å². The van der Waals surface area contributed by atoms with Gasteiger partial charge in [-0.25, -0.2) is 4.98 Å². The van der Waals surface area contributed by atoms with Crippen LogP contribution in [0.1, 0.15) is 0 Å². The molecule has 6 rings (SSSR count). The molecule has 0 aliphatic rings. The molecule has 0 aliphatic carbocycles. The van der Waals surface area contributed by atoms with Crippen LogP contribution in [0.2, 0.25) is 0 Å². The minimum Gasteiger partial charge on any atom is -0.472 e. The van der Waals surface area contributed by atoms with Gasteiger partial charge in [0.25, 0.3) is 0 Å². The Hall–Kier alpha value is -4.90. The molecule has 0 atom stereocenters. The summed E-state index contributed by atoms with van der Waals surface area (Å²) in [7, 11) is 3.68. The number of hydrogen-bond acceptors (Lipinski definition) is 8. The molecule has 0 fully saturated rings. The van der Waals surface area contributed by atoms with E-state index in [-0.39, 0.29) is 12.5 Å². The molecule has 6 aromatic heterocycles. The van der Waals surface area contributed by atoms with Gasteiger partial charge >= 0.3 is 0 Å². The molecule has 0 radical (unpaired) electrons. The number of H-pyrrole nitrogens is 2. The number of fused-ring (bicyclic) bond motifs is 2. The molecule has 0 aromatic carbocycles. The molecule has 11 nitrogen and oxygen atoms in total. The summed E-state index contributed by atoms with van der Waals surface area (Å²) >= 11 is 0. The predicted molar refractivity (Wildman–Crippen MR) is 135 cm³/mol. The lowest BCUT2D eigenvalue weighted by molar-refractivity contribution is -0.116. The van der Waals surface area contributed by atoms with Gasteiger partial charge in [0.2, 0.25) is 5.91 Å². The van der Waals surface area contributed by atoms with Crippen LogP contribution in [-0.4, -0.2) is 66.6 Å². The van der Waals surface area contributed by atoms with E-state index in [1.165, 1.54) is 0 Å². The van der Waals surface area contributed by atoms with Gasteiger partial charge < -0.3 is 19.6 Å². The number of rotatable bonds is 6. The van der Waals surface area contributed by atoms with E-state index in [4.69, 9.17) is 9.40 Å². The first-order valence-corrected chi connectivity index (χ1v) is 11.2. The second-order valence-electron chi connectivity index (χ2n) is 8.59. The number of aromatic amines is 2. The van der Waals surface area contributed by atoms with E-state index >= 15 is 0 Å². The Balaban J connectivity index is 1.38. The van der Waals surface area contributed by atoms with Crippen LogP contribution in [0.5, 0.6) is 0 Å². The summed E-state index contributed by atoms with van der Waals surface area (Å²) in [6.45, 7) is 0.280. The van der Waals surface area contributed by atoms with E-state index in [1.807, 2.05) is 38.4 Å². The Bertz CT molecular complexity index is 1700. The van der Waals surface area contributed by atoms with Gasteiger partial charge in [0.05, 0.1) is 53.9 Å². The molecule has 1 amide bonds. The summed E-state index contributed by atoms with van der Waals surface area (Å²) in [6.07, 6.45) is 10.0. The van der Waals surface area contributed by atoms with Gasteiger partial charge in [-0.3, -0.25) is 24.8 Å². The molecule has 178 valence electrons. The Morgan fingerprint density at radius 3 is 2.81 bits per heavy atom. The Morgan fingerprint density at radius 2 is 1.97 bits per heavy atom. The van der Waals surface area contributed by atoms with Crippen LogP contribution in [-0.2, 0) is 4.79 Å². The molecule has 36 heavy (non-hydrogen) atoms. The van der Waals surface area contributed by atoms with E-state index in [2.05, 4.69) is 35.5 Å². The number of carbonyl (C=O) groups is 1. The van der Waals surface area contributed by atoms with Crippen molar-refractivity contribution in [1.82, 2.24) is 40.0 Å². The number of hydrogen-bond donors (Lipinski definition) is 3. The van der Waals surface area contributed by atoms with Crippen molar-refractivity contribution in [3.8, 4) is 34.0 Å². The second kappa shape index (κ2) is 8.71. The summed E-state index contributed by atoms with van der Waals surface area (Å²) in [6, 6.07) is 7.50. The van der Waals surface area contributed by atoms with E-state index < -0.39 is 0 Å². The quantitative estimate of drug-likeness (QED) is 0.328. The topological polar surface area (TPSA) is 142 Å². The van der Waals surface area contributed by atoms with E-state index in [0.29, 0.717) is 22.9 Å². The van der Waals surface area contributed by atoms with Crippen LogP contribution in [0.4, 0.5) is 5.69 Å². The first-order chi connectivity index (χ1) is 17.5. The third-order valence-electron chi connectivity index (χ3n) is 5.64. The molecule has 0 saturated heterocycles. The van der Waals surface area contributed by atoms with Crippen LogP contribution >= 0.6 is 0 Å². The molecule has 0 aliphatic heterocycles. The van der Waals surface area contributed by atoms with Crippen molar-refractivity contribution in [2.75, 3.05) is 26.0 Å². The number of anilines is 1. The zero-order chi connectivity index (χ0) is 24.6. The van der Waals surface area contributed by atoms with Crippen molar-refractivity contribution >= 4 is 33.5 Å². The highest BCUT2D eigenvalue weighted by atomic mass is 16.3. The SMILES string of the molecule is CN(C)CC(=O)Nc1cncc(-c2cc3c(-c4nc5c(-c6ccoc6)nccc5[nH]4)n[nH]c3cn2)c1. The van der Waals surface area contributed by atoms with Crippen molar-refractivity contribution in [2.24, 2.45) is 0 Å². The minimum absolute atomic E-state index is 0.117. The Morgan fingerprint density at radius 1 is 1.06 bits per heavy atom. The maximum Gasteiger partial charge on any atom is 0.238 e. The molecule has 0 bridgehead atoms.